The molecule has 2 N–H and O–H groups in total. The van der Waals surface area contributed by atoms with Crippen LogP contribution in [0.3, 0.4) is 0 Å². The highest BCUT2D eigenvalue weighted by Crippen LogP contribution is 2.47. The first-order valence-electron chi connectivity index (χ1n) is 11.1. The molecule has 0 spiro atoms. The Hall–Kier alpha value is -4.40. The smallest absolute Gasteiger partial charge is 0.341 e. The van der Waals surface area contributed by atoms with Crippen molar-refractivity contribution in [2.45, 2.75) is 32.2 Å². The quantitative estimate of drug-likeness (QED) is 0.421. The minimum Gasteiger partial charge on any atom is -0.482 e. The Morgan fingerprint density at radius 3 is 2.54 bits per heavy atom. The van der Waals surface area contributed by atoms with Crippen LogP contribution in [0.15, 0.2) is 65.4 Å². The fourth-order valence-electron chi connectivity index (χ4n) is 4.40. The van der Waals surface area contributed by atoms with E-state index in [1.807, 2.05) is 57.2 Å². The number of nitrogens with zero attached hydrogens (tertiary/aromatic N) is 3. The average Bonchev–Trinajstić information content (AvgIpc) is 3.56. The standard InChI is InChI=1S/C26H24N4O5/c1-26(2,3)24-21-22(27-28-24)25(33)30(16-10-8-15(9-11-16)18-12-13-35-29-18)23(21)17-6-4-5-7-19(17)34-14-20(31)32/h4-13,23H,14H2,1-3H3,(H,27,28)(H,31,32). The van der Waals surface area contributed by atoms with Crippen molar-refractivity contribution in [3.05, 3.63) is 83.4 Å². The maximum absolute atomic E-state index is 13.7. The molecule has 2 aromatic heterocycles. The number of aromatic amines is 1. The topological polar surface area (TPSA) is 122 Å². The van der Waals surface area contributed by atoms with Crippen molar-refractivity contribution in [3.63, 3.8) is 0 Å². The van der Waals surface area contributed by atoms with Gasteiger partial charge in [0.25, 0.3) is 5.91 Å². The number of benzene rings is 2. The van der Waals surface area contributed by atoms with E-state index in [9.17, 15) is 9.59 Å². The van der Waals surface area contributed by atoms with Crippen LogP contribution in [0.2, 0.25) is 0 Å². The van der Waals surface area contributed by atoms with Gasteiger partial charge in [0.15, 0.2) is 12.3 Å². The number of nitrogens with one attached hydrogen (secondary N) is 1. The van der Waals surface area contributed by atoms with E-state index in [1.54, 1.807) is 23.1 Å². The van der Waals surface area contributed by atoms with Gasteiger partial charge in [-0.3, -0.25) is 14.8 Å². The lowest BCUT2D eigenvalue weighted by atomic mass is 9.85. The van der Waals surface area contributed by atoms with E-state index in [1.165, 1.54) is 6.26 Å². The van der Waals surface area contributed by atoms with Crippen LogP contribution in [0.4, 0.5) is 5.69 Å². The molecule has 4 aromatic rings. The molecule has 3 heterocycles. The molecule has 1 amide bonds. The zero-order chi connectivity index (χ0) is 24.7. The molecule has 9 nitrogen and oxygen atoms in total. The molecule has 1 aliphatic heterocycles. The summed E-state index contributed by atoms with van der Waals surface area (Å²) in [6.07, 6.45) is 1.50. The summed E-state index contributed by atoms with van der Waals surface area (Å²) in [5.74, 6) is -0.938. The van der Waals surface area contributed by atoms with Crippen LogP contribution in [0.5, 0.6) is 5.75 Å². The van der Waals surface area contributed by atoms with Gasteiger partial charge in [-0.1, -0.05) is 56.3 Å². The van der Waals surface area contributed by atoms with Crippen LogP contribution in [-0.4, -0.2) is 38.9 Å². The van der Waals surface area contributed by atoms with E-state index in [4.69, 9.17) is 14.4 Å². The maximum Gasteiger partial charge on any atom is 0.341 e. The Bertz CT molecular complexity index is 1380. The van der Waals surface area contributed by atoms with Crippen LogP contribution in [0, 0.1) is 0 Å². The van der Waals surface area contributed by atoms with Crippen LogP contribution in [0.1, 0.15) is 54.1 Å². The number of anilines is 1. The number of fused-ring (bicyclic) bond motifs is 1. The largest absolute Gasteiger partial charge is 0.482 e. The third-order valence-electron chi connectivity index (χ3n) is 5.95. The Kier molecular flexibility index (Phi) is 5.39. The van der Waals surface area contributed by atoms with Gasteiger partial charge in [0.1, 0.15) is 17.7 Å². The monoisotopic (exact) mass is 472 g/mol. The number of H-pyrrole nitrogens is 1. The Morgan fingerprint density at radius 2 is 1.89 bits per heavy atom. The van der Waals surface area contributed by atoms with Crippen molar-refractivity contribution >= 4 is 17.6 Å². The van der Waals surface area contributed by atoms with Gasteiger partial charge in [-0.2, -0.15) is 5.10 Å². The third-order valence-corrected chi connectivity index (χ3v) is 5.95. The van der Waals surface area contributed by atoms with E-state index in [0.29, 0.717) is 28.4 Å². The number of aliphatic carboxylic acids is 1. The molecule has 1 atom stereocenters. The van der Waals surface area contributed by atoms with E-state index in [2.05, 4.69) is 15.4 Å². The molecule has 5 rings (SSSR count). The minimum absolute atomic E-state index is 0.251. The average molecular weight is 473 g/mol. The SMILES string of the molecule is CC(C)(C)c1[nH]nc2c1C(c1ccccc1OCC(=O)O)N(c1ccc(-c3ccon3)cc1)C2=O. The van der Waals surface area contributed by atoms with Crippen molar-refractivity contribution in [2.75, 3.05) is 11.5 Å². The van der Waals surface area contributed by atoms with Crippen LogP contribution in [-0.2, 0) is 10.2 Å². The number of carbonyl (C=O) groups is 2. The summed E-state index contributed by atoms with van der Waals surface area (Å²) < 4.78 is 10.6. The Balaban J connectivity index is 1.65. The minimum atomic E-state index is -1.08. The van der Waals surface area contributed by atoms with Gasteiger partial charge in [-0.25, -0.2) is 4.79 Å². The number of rotatable bonds is 6. The normalized spacial score (nSPS) is 15.3. The number of carbonyl (C=O) groups excluding carboxylic acids is 1. The van der Waals surface area contributed by atoms with E-state index in [0.717, 1.165) is 16.8 Å². The maximum atomic E-state index is 13.7. The molecule has 0 bridgehead atoms. The molecule has 0 fully saturated rings. The molecule has 2 aromatic carbocycles. The number of hydrogen-bond donors (Lipinski definition) is 2. The van der Waals surface area contributed by atoms with Gasteiger partial charge in [0, 0.05) is 39.6 Å². The lowest BCUT2D eigenvalue weighted by molar-refractivity contribution is -0.139. The molecule has 9 heteroatoms. The van der Waals surface area contributed by atoms with Gasteiger partial charge < -0.3 is 14.4 Å². The molecule has 1 unspecified atom stereocenters. The number of para-hydroxylation sites is 1. The Morgan fingerprint density at radius 1 is 1.14 bits per heavy atom. The molecule has 0 saturated carbocycles. The summed E-state index contributed by atoms with van der Waals surface area (Å²) in [5, 5.41) is 20.6. The van der Waals surface area contributed by atoms with E-state index in [-0.39, 0.29) is 11.3 Å². The fourth-order valence-corrected chi connectivity index (χ4v) is 4.40. The lowest BCUT2D eigenvalue weighted by Gasteiger charge is -2.29. The van der Waals surface area contributed by atoms with Crippen molar-refractivity contribution in [1.82, 2.24) is 15.4 Å². The van der Waals surface area contributed by atoms with Gasteiger partial charge in [0.2, 0.25) is 0 Å². The summed E-state index contributed by atoms with van der Waals surface area (Å²) in [6, 6.07) is 15.8. The number of ether oxygens (including phenoxy) is 1. The van der Waals surface area contributed by atoms with Crippen LogP contribution in [0.25, 0.3) is 11.3 Å². The number of aromatic nitrogens is 3. The number of carboxylic acids is 1. The van der Waals surface area contributed by atoms with Gasteiger partial charge in [-0.15, -0.1) is 0 Å². The molecule has 0 aliphatic carbocycles. The summed E-state index contributed by atoms with van der Waals surface area (Å²) in [6.45, 7) is 5.65. The highest BCUT2D eigenvalue weighted by molar-refractivity contribution is 6.11. The predicted octanol–water partition coefficient (Wildman–Crippen LogP) is 4.58. The molecular formula is C26H24N4O5. The molecular weight excluding hydrogens is 448 g/mol. The second-order valence-corrected chi connectivity index (χ2v) is 9.34. The van der Waals surface area contributed by atoms with Gasteiger partial charge in [0.05, 0.1) is 6.04 Å². The molecule has 178 valence electrons. The van der Waals surface area contributed by atoms with Crippen molar-refractivity contribution < 1.29 is 24.0 Å². The summed E-state index contributed by atoms with van der Waals surface area (Å²) in [5.41, 5.74) is 4.50. The first kappa shape index (κ1) is 22.4. The zero-order valence-electron chi connectivity index (χ0n) is 19.5. The van der Waals surface area contributed by atoms with Crippen molar-refractivity contribution in [2.24, 2.45) is 0 Å². The number of amides is 1. The third kappa shape index (κ3) is 3.95. The molecule has 0 radical (unpaired) electrons. The highest BCUT2D eigenvalue weighted by Gasteiger charge is 2.45. The summed E-state index contributed by atoms with van der Waals surface area (Å²) in [4.78, 5) is 26.6. The Labute approximate surface area is 201 Å². The predicted molar refractivity (Wildman–Crippen MR) is 127 cm³/mol. The zero-order valence-corrected chi connectivity index (χ0v) is 19.5. The summed E-state index contributed by atoms with van der Waals surface area (Å²) >= 11 is 0. The van der Waals surface area contributed by atoms with E-state index < -0.39 is 18.6 Å². The molecule has 0 saturated heterocycles. The van der Waals surface area contributed by atoms with E-state index >= 15 is 0 Å². The first-order chi connectivity index (χ1) is 16.8. The second-order valence-electron chi connectivity index (χ2n) is 9.34. The van der Waals surface area contributed by atoms with Crippen molar-refractivity contribution in [1.29, 1.82) is 0 Å². The first-order valence-corrected chi connectivity index (χ1v) is 11.1. The lowest BCUT2D eigenvalue weighted by Crippen LogP contribution is -2.30. The molecule has 35 heavy (non-hydrogen) atoms. The van der Waals surface area contributed by atoms with Crippen LogP contribution >= 0.6 is 0 Å². The van der Waals surface area contributed by atoms with Gasteiger partial charge >= 0.3 is 5.97 Å². The van der Waals surface area contributed by atoms with Gasteiger partial charge in [-0.05, 0) is 18.2 Å². The van der Waals surface area contributed by atoms with Crippen molar-refractivity contribution in [3.8, 4) is 17.0 Å². The molecule has 1 aliphatic rings. The second kappa shape index (κ2) is 8.43. The summed E-state index contributed by atoms with van der Waals surface area (Å²) in [7, 11) is 0. The van der Waals surface area contributed by atoms with Crippen LogP contribution < -0.4 is 9.64 Å². The number of carboxylic acid groups (broad SMARTS) is 1. The fraction of sp³-hybridized carbons (Fsp3) is 0.231. The number of hydrogen-bond acceptors (Lipinski definition) is 6. The highest BCUT2D eigenvalue weighted by atomic mass is 16.5.